The van der Waals surface area contributed by atoms with Crippen LogP contribution in [-0.2, 0) is 38.1 Å². The van der Waals surface area contributed by atoms with Crippen LogP contribution in [0.5, 0.6) is 0 Å². The summed E-state index contributed by atoms with van der Waals surface area (Å²) in [5.74, 6) is -9.16. The van der Waals surface area contributed by atoms with Crippen molar-refractivity contribution < 1.29 is 107 Å². The van der Waals surface area contributed by atoms with Gasteiger partial charge in [0.25, 0.3) is 0 Å². The molecule has 0 spiro atoms. The average molecular weight is 418 g/mol. The molecule has 0 heterocycles. The fourth-order valence-corrected chi connectivity index (χ4v) is 1.62. The fraction of sp³-hybridized carbons (Fsp3) is 0.500. The van der Waals surface area contributed by atoms with E-state index in [1.54, 1.807) is 0 Å². The molecule has 10 nitrogen and oxygen atoms in total. The van der Waals surface area contributed by atoms with Gasteiger partial charge in [-0.3, -0.25) is 0 Å². The zero-order valence-corrected chi connectivity index (χ0v) is 20.9. The third kappa shape index (κ3) is 9.44. The summed E-state index contributed by atoms with van der Waals surface area (Å²) in [4.78, 5) is 47.6. The van der Waals surface area contributed by atoms with Crippen molar-refractivity contribution in [3.8, 4) is 0 Å². The average Bonchev–Trinajstić information content (AvgIpc) is 2.59. The zero-order chi connectivity index (χ0) is 20.3. The summed E-state index contributed by atoms with van der Waals surface area (Å²) < 4.78 is 18.2. The molecular formula is C16H20Na2O10. The molecule has 0 aromatic heterocycles. The summed E-state index contributed by atoms with van der Waals surface area (Å²) in [7, 11) is 0. The van der Waals surface area contributed by atoms with Gasteiger partial charge in [-0.2, -0.15) is 0 Å². The molecular weight excluding hydrogens is 398 g/mol. The van der Waals surface area contributed by atoms with Crippen LogP contribution >= 0.6 is 0 Å². The SMILES string of the molecule is CCOC(=O)/C([O-])=C(C(=O)OCC)\C(C(=O)OCC)=C(\[O-])C(=O)OCC.[Na+].[Na+]. The number of hydrogen-bond donors (Lipinski definition) is 0. The Kier molecular flexibility index (Phi) is 19.1. The van der Waals surface area contributed by atoms with Gasteiger partial charge in [-0.05, 0) is 39.2 Å². The van der Waals surface area contributed by atoms with Crippen LogP contribution < -0.4 is 69.3 Å². The number of carbonyl (C=O) groups is 4. The third-order valence-corrected chi connectivity index (χ3v) is 2.58. The summed E-state index contributed by atoms with van der Waals surface area (Å²) >= 11 is 0. The van der Waals surface area contributed by atoms with Gasteiger partial charge in [0, 0.05) is 0 Å². The Morgan fingerprint density at radius 1 is 0.536 bits per heavy atom. The van der Waals surface area contributed by atoms with Gasteiger partial charge in [0.2, 0.25) is 0 Å². The molecule has 0 aromatic carbocycles. The van der Waals surface area contributed by atoms with E-state index in [0.717, 1.165) is 0 Å². The van der Waals surface area contributed by atoms with E-state index in [1.165, 1.54) is 27.7 Å². The maximum absolute atomic E-state index is 12.2. The molecule has 0 fully saturated rings. The first-order valence-corrected chi connectivity index (χ1v) is 7.77. The van der Waals surface area contributed by atoms with E-state index in [1.807, 2.05) is 0 Å². The molecule has 12 heteroatoms. The second kappa shape index (κ2) is 16.9. The second-order valence-corrected chi connectivity index (χ2v) is 4.29. The summed E-state index contributed by atoms with van der Waals surface area (Å²) in [6.07, 6.45) is 0. The van der Waals surface area contributed by atoms with Crippen LogP contribution in [0.3, 0.4) is 0 Å². The molecule has 0 atom stereocenters. The molecule has 0 aliphatic carbocycles. The maximum atomic E-state index is 12.2. The van der Waals surface area contributed by atoms with Crippen molar-refractivity contribution in [3.05, 3.63) is 22.7 Å². The number of esters is 4. The Bertz CT molecular complexity index is 571. The second-order valence-electron chi connectivity index (χ2n) is 4.29. The van der Waals surface area contributed by atoms with E-state index in [-0.39, 0.29) is 85.5 Å². The van der Waals surface area contributed by atoms with Crippen LogP contribution in [0.2, 0.25) is 0 Å². The molecule has 0 aromatic rings. The van der Waals surface area contributed by atoms with Gasteiger partial charge in [0.15, 0.2) is 0 Å². The van der Waals surface area contributed by atoms with Gasteiger partial charge >= 0.3 is 83.0 Å². The molecule has 0 unspecified atom stereocenters. The zero-order valence-electron chi connectivity index (χ0n) is 16.9. The molecule has 0 aliphatic rings. The van der Waals surface area contributed by atoms with Gasteiger partial charge in [0.05, 0.1) is 37.6 Å². The Hall–Kier alpha value is -1.04. The summed E-state index contributed by atoms with van der Waals surface area (Å²) in [5.41, 5.74) is -2.50. The predicted octanol–water partition coefficient (Wildman–Crippen LogP) is -7.52. The first-order chi connectivity index (χ1) is 12.3. The van der Waals surface area contributed by atoms with Crippen LogP contribution in [0.25, 0.3) is 0 Å². The van der Waals surface area contributed by atoms with E-state index in [0.29, 0.717) is 0 Å². The van der Waals surface area contributed by atoms with Gasteiger partial charge in [-0.25, -0.2) is 19.2 Å². The molecule has 28 heavy (non-hydrogen) atoms. The van der Waals surface area contributed by atoms with Gasteiger partial charge in [-0.15, -0.1) is 0 Å². The summed E-state index contributed by atoms with van der Waals surface area (Å²) in [5, 5.41) is 24.5. The molecule has 0 rings (SSSR count). The van der Waals surface area contributed by atoms with Crippen molar-refractivity contribution in [1.82, 2.24) is 0 Å². The Labute approximate surface area is 206 Å². The quantitative estimate of drug-likeness (QED) is 0.0882. The molecule has 0 bridgehead atoms. The Balaban J connectivity index is -0.00000312. The summed E-state index contributed by atoms with van der Waals surface area (Å²) in [6.45, 7) is 4.69. The number of rotatable bonds is 9. The van der Waals surface area contributed by atoms with E-state index < -0.39 is 46.5 Å². The Morgan fingerprint density at radius 3 is 0.964 bits per heavy atom. The molecule has 0 saturated carbocycles. The maximum Gasteiger partial charge on any atom is 1.00 e. The van der Waals surface area contributed by atoms with Crippen molar-refractivity contribution in [2.75, 3.05) is 26.4 Å². The van der Waals surface area contributed by atoms with Crippen LogP contribution in [0, 0.1) is 0 Å². The smallest absolute Gasteiger partial charge is 0.867 e. The Morgan fingerprint density at radius 2 is 0.750 bits per heavy atom. The molecule has 0 radical (unpaired) electrons. The fourth-order valence-electron chi connectivity index (χ4n) is 1.62. The number of hydrogen-bond acceptors (Lipinski definition) is 10. The largest absolute Gasteiger partial charge is 1.00 e. The predicted molar refractivity (Wildman–Crippen MR) is 80.6 cm³/mol. The first-order valence-electron chi connectivity index (χ1n) is 7.77. The normalized spacial score (nSPS) is 11.4. The van der Waals surface area contributed by atoms with Crippen molar-refractivity contribution >= 4 is 23.9 Å². The van der Waals surface area contributed by atoms with E-state index in [4.69, 9.17) is 0 Å². The minimum atomic E-state index is -1.62. The van der Waals surface area contributed by atoms with E-state index in [2.05, 4.69) is 18.9 Å². The van der Waals surface area contributed by atoms with Gasteiger partial charge < -0.3 is 29.2 Å². The van der Waals surface area contributed by atoms with Crippen molar-refractivity contribution in [2.24, 2.45) is 0 Å². The van der Waals surface area contributed by atoms with Crippen LogP contribution in [0.4, 0.5) is 0 Å². The molecule has 0 aliphatic heterocycles. The van der Waals surface area contributed by atoms with Crippen LogP contribution in [-0.4, -0.2) is 50.3 Å². The third-order valence-electron chi connectivity index (χ3n) is 2.58. The molecule has 0 saturated heterocycles. The van der Waals surface area contributed by atoms with Crippen molar-refractivity contribution in [2.45, 2.75) is 27.7 Å². The van der Waals surface area contributed by atoms with Crippen LogP contribution in [0.15, 0.2) is 22.7 Å². The van der Waals surface area contributed by atoms with Gasteiger partial charge in [0.1, 0.15) is 0 Å². The topological polar surface area (TPSA) is 151 Å². The number of carbonyl (C=O) groups excluding carboxylic acids is 4. The molecule has 0 N–H and O–H groups in total. The minimum absolute atomic E-state index is 0. The van der Waals surface area contributed by atoms with Crippen LogP contribution in [0.1, 0.15) is 27.7 Å². The standard InChI is InChI=1S/C16H22O10.2Na/c1-5-23-13(19)9(11(17)15(21)25-7-3)10(14(20)24-6-2)12(18)16(22)26-8-4;;/h17-18H,5-8H2,1-4H3;;/q;2*+1/p-2/b11-9-,12-10-;;. The minimum Gasteiger partial charge on any atom is -0.867 e. The van der Waals surface area contributed by atoms with E-state index in [9.17, 15) is 29.4 Å². The number of ether oxygens (including phenoxy) is 4. The van der Waals surface area contributed by atoms with Gasteiger partial charge in [-0.1, -0.05) is 0 Å². The first kappa shape index (κ1) is 31.6. The summed E-state index contributed by atoms with van der Waals surface area (Å²) in [6, 6.07) is 0. The molecule has 0 amide bonds. The van der Waals surface area contributed by atoms with Crippen molar-refractivity contribution in [1.29, 1.82) is 0 Å². The van der Waals surface area contributed by atoms with Crippen molar-refractivity contribution in [3.63, 3.8) is 0 Å². The monoisotopic (exact) mass is 418 g/mol. The van der Waals surface area contributed by atoms with E-state index >= 15 is 0 Å². The molecule has 146 valence electrons.